The topological polar surface area (TPSA) is 67.5 Å². The van der Waals surface area contributed by atoms with E-state index in [0.29, 0.717) is 22.3 Å². The Balaban J connectivity index is 1.55. The summed E-state index contributed by atoms with van der Waals surface area (Å²) in [6.45, 7) is 7.36. The van der Waals surface area contributed by atoms with Crippen LogP contribution in [-0.2, 0) is 9.53 Å². The lowest BCUT2D eigenvalue weighted by Gasteiger charge is -2.31. The minimum absolute atomic E-state index is 0.222. The summed E-state index contributed by atoms with van der Waals surface area (Å²) in [7, 11) is 1.47. The molecular formula is C25H29F2N3O3. The number of rotatable bonds is 5. The number of halogens is 2. The van der Waals surface area contributed by atoms with Crippen molar-refractivity contribution >= 4 is 17.0 Å². The minimum atomic E-state index is -0.538. The molecule has 0 atom stereocenters. The number of aromatic nitrogens is 2. The average molecular weight is 458 g/mol. The molecule has 1 aliphatic rings. The van der Waals surface area contributed by atoms with Crippen LogP contribution in [0.4, 0.5) is 8.78 Å². The molecule has 0 amide bonds. The molecule has 33 heavy (non-hydrogen) atoms. The highest BCUT2D eigenvalue weighted by molar-refractivity contribution is 5.95. The number of carbonyl (C=O) groups excluding carboxylic acids is 1. The van der Waals surface area contributed by atoms with Gasteiger partial charge in [-0.3, -0.25) is 9.69 Å². The number of methoxy groups -OCH3 is 1. The molecule has 1 aromatic carbocycles. The van der Waals surface area contributed by atoms with Crippen LogP contribution in [0, 0.1) is 11.6 Å². The maximum absolute atomic E-state index is 14.9. The Morgan fingerprint density at radius 2 is 1.94 bits per heavy atom. The summed E-state index contributed by atoms with van der Waals surface area (Å²) < 4.78 is 39.6. The van der Waals surface area contributed by atoms with Crippen molar-refractivity contribution in [3.8, 4) is 16.9 Å². The highest BCUT2D eigenvalue weighted by atomic mass is 19.1. The standard InChI is InChI=1S/C25H29F2N3O3/c1-25(2,3)33-22(31)14-30-9-7-15(8-10-30)20-12-18-23(19(27)13-28-24(18)29-20)17-11-16(26)5-6-21(17)32-4/h5-6,11-13,15H,7-10,14H2,1-4H3,(H,28,29). The van der Waals surface area contributed by atoms with Crippen molar-refractivity contribution in [2.75, 3.05) is 26.7 Å². The van der Waals surface area contributed by atoms with Crippen LogP contribution < -0.4 is 4.74 Å². The second kappa shape index (κ2) is 9.09. The van der Waals surface area contributed by atoms with Crippen molar-refractivity contribution in [2.24, 2.45) is 0 Å². The van der Waals surface area contributed by atoms with Crippen LogP contribution in [0.1, 0.15) is 45.2 Å². The number of pyridine rings is 1. The molecule has 0 unspecified atom stereocenters. The summed E-state index contributed by atoms with van der Waals surface area (Å²) >= 11 is 0. The van der Waals surface area contributed by atoms with Crippen molar-refractivity contribution in [1.29, 1.82) is 0 Å². The molecule has 3 heterocycles. The molecule has 1 saturated heterocycles. The van der Waals surface area contributed by atoms with Gasteiger partial charge in [0, 0.05) is 28.1 Å². The van der Waals surface area contributed by atoms with Crippen LogP contribution in [0.5, 0.6) is 5.75 Å². The number of hydrogen-bond donors (Lipinski definition) is 1. The Labute approximate surface area is 191 Å². The van der Waals surface area contributed by atoms with Crippen molar-refractivity contribution < 1.29 is 23.0 Å². The third-order valence-corrected chi connectivity index (χ3v) is 5.86. The predicted octanol–water partition coefficient (Wildman–Crippen LogP) is 5.04. The Bertz CT molecular complexity index is 1160. The molecule has 0 aliphatic carbocycles. The van der Waals surface area contributed by atoms with Gasteiger partial charge in [-0.1, -0.05) is 0 Å². The zero-order chi connectivity index (χ0) is 23.8. The lowest BCUT2D eigenvalue weighted by molar-refractivity contribution is -0.156. The van der Waals surface area contributed by atoms with E-state index < -0.39 is 17.2 Å². The third kappa shape index (κ3) is 5.16. The van der Waals surface area contributed by atoms with Crippen molar-refractivity contribution in [1.82, 2.24) is 14.9 Å². The first kappa shape index (κ1) is 23.2. The molecule has 1 aliphatic heterocycles. The van der Waals surface area contributed by atoms with E-state index in [0.717, 1.165) is 37.8 Å². The Hall–Kier alpha value is -3.00. The summed E-state index contributed by atoms with van der Waals surface area (Å²) in [6.07, 6.45) is 2.83. The fourth-order valence-corrected chi connectivity index (χ4v) is 4.40. The molecule has 1 N–H and O–H groups in total. The van der Waals surface area contributed by atoms with E-state index in [9.17, 15) is 13.6 Å². The lowest BCUT2D eigenvalue weighted by Crippen LogP contribution is -2.39. The first-order chi connectivity index (χ1) is 15.6. The van der Waals surface area contributed by atoms with E-state index in [1.165, 1.54) is 25.3 Å². The van der Waals surface area contributed by atoms with Gasteiger partial charge in [0.05, 0.1) is 19.9 Å². The number of esters is 1. The Morgan fingerprint density at radius 1 is 1.21 bits per heavy atom. The second-order valence-electron chi connectivity index (χ2n) is 9.45. The molecule has 176 valence electrons. The number of likely N-dealkylation sites (tertiary alicyclic amines) is 1. The molecule has 2 aromatic heterocycles. The summed E-state index contributed by atoms with van der Waals surface area (Å²) in [4.78, 5) is 21.7. The number of H-pyrrole nitrogens is 1. The number of nitrogens with one attached hydrogen (secondary N) is 1. The van der Waals surface area contributed by atoms with E-state index in [-0.39, 0.29) is 24.0 Å². The molecular weight excluding hydrogens is 428 g/mol. The van der Waals surface area contributed by atoms with Gasteiger partial charge in [0.2, 0.25) is 0 Å². The molecule has 0 bridgehead atoms. The Morgan fingerprint density at radius 3 is 2.61 bits per heavy atom. The number of carbonyl (C=O) groups is 1. The minimum Gasteiger partial charge on any atom is -0.496 e. The first-order valence-electron chi connectivity index (χ1n) is 11.1. The maximum Gasteiger partial charge on any atom is 0.320 e. The average Bonchev–Trinajstić information content (AvgIpc) is 3.17. The van der Waals surface area contributed by atoms with Crippen molar-refractivity contribution in [3.63, 3.8) is 0 Å². The van der Waals surface area contributed by atoms with Gasteiger partial charge in [-0.25, -0.2) is 13.8 Å². The number of benzene rings is 1. The molecule has 8 heteroatoms. The van der Waals surface area contributed by atoms with Gasteiger partial charge >= 0.3 is 5.97 Å². The van der Waals surface area contributed by atoms with Gasteiger partial charge in [-0.2, -0.15) is 0 Å². The zero-order valence-electron chi connectivity index (χ0n) is 19.4. The van der Waals surface area contributed by atoms with Gasteiger partial charge in [-0.05, 0) is 71.0 Å². The van der Waals surface area contributed by atoms with Crippen molar-refractivity contribution in [2.45, 2.75) is 45.1 Å². The fourth-order valence-electron chi connectivity index (χ4n) is 4.40. The number of nitrogens with zero attached hydrogens (tertiary/aromatic N) is 2. The van der Waals surface area contributed by atoms with Crippen LogP contribution in [0.15, 0.2) is 30.5 Å². The number of aromatic amines is 1. The normalized spacial score (nSPS) is 15.7. The van der Waals surface area contributed by atoms with E-state index >= 15 is 0 Å². The van der Waals surface area contributed by atoms with Gasteiger partial charge in [0.1, 0.15) is 28.6 Å². The monoisotopic (exact) mass is 457 g/mol. The number of piperidine rings is 1. The van der Waals surface area contributed by atoms with Crippen LogP contribution in [0.3, 0.4) is 0 Å². The quantitative estimate of drug-likeness (QED) is 0.544. The van der Waals surface area contributed by atoms with Crippen LogP contribution in [0.2, 0.25) is 0 Å². The molecule has 0 radical (unpaired) electrons. The highest BCUT2D eigenvalue weighted by Gasteiger charge is 2.26. The SMILES string of the molecule is COc1ccc(F)cc1-c1c(F)cnc2[nH]c(C3CCN(CC(=O)OC(C)(C)C)CC3)cc12. The first-order valence-corrected chi connectivity index (χ1v) is 11.1. The molecule has 6 nitrogen and oxygen atoms in total. The molecule has 0 spiro atoms. The van der Waals surface area contributed by atoms with Crippen LogP contribution >= 0.6 is 0 Å². The summed E-state index contributed by atoms with van der Waals surface area (Å²) in [5.41, 5.74) is 1.62. The van der Waals surface area contributed by atoms with Crippen LogP contribution in [0.25, 0.3) is 22.2 Å². The van der Waals surface area contributed by atoms with Crippen LogP contribution in [-0.4, -0.2) is 53.2 Å². The van der Waals surface area contributed by atoms with E-state index in [4.69, 9.17) is 9.47 Å². The van der Waals surface area contributed by atoms with E-state index in [1.807, 2.05) is 26.8 Å². The van der Waals surface area contributed by atoms with Gasteiger partial charge in [0.25, 0.3) is 0 Å². The molecule has 3 aromatic rings. The molecule has 0 saturated carbocycles. The lowest BCUT2D eigenvalue weighted by atomic mass is 9.93. The molecule has 1 fully saturated rings. The fraction of sp³-hybridized carbons (Fsp3) is 0.440. The van der Waals surface area contributed by atoms with Gasteiger partial charge in [-0.15, -0.1) is 0 Å². The number of fused-ring (bicyclic) bond motifs is 1. The maximum atomic E-state index is 14.9. The molecule has 4 rings (SSSR count). The van der Waals surface area contributed by atoms with E-state index in [1.54, 1.807) is 0 Å². The highest BCUT2D eigenvalue weighted by Crippen LogP contribution is 2.39. The van der Waals surface area contributed by atoms with Crippen molar-refractivity contribution in [3.05, 3.63) is 47.8 Å². The zero-order valence-corrected chi connectivity index (χ0v) is 19.4. The van der Waals surface area contributed by atoms with E-state index in [2.05, 4.69) is 14.9 Å². The predicted molar refractivity (Wildman–Crippen MR) is 122 cm³/mol. The Kier molecular flexibility index (Phi) is 6.38. The third-order valence-electron chi connectivity index (χ3n) is 5.86. The summed E-state index contributed by atoms with van der Waals surface area (Å²) in [5, 5.41) is 0.588. The van der Waals surface area contributed by atoms with Gasteiger partial charge < -0.3 is 14.5 Å². The van der Waals surface area contributed by atoms with Gasteiger partial charge in [0.15, 0.2) is 0 Å². The largest absolute Gasteiger partial charge is 0.496 e. The summed E-state index contributed by atoms with van der Waals surface area (Å²) in [5.74, 6) is -0.618. The number of hydrogen-bond acceptors (Lipinski definition) is 5. The second-order valence-corrected chi connectivity index (χ2v) is 9.45. The summed E-state index contributed by atoms with van der Waals surface area (Å²) in [6, 6.07) is 5.95. The smallest absolute Gasteiger partial charge is 0.320 e. The number of ether oxygens (including phenoxy) is 2.